The molecule has 0 radical (unpaired) electrons. The monoisotopic (exact) mass is 297 g/mol. The van der Waals surface area contributed by atoms with Gasteiger partial charge in [0.1, 0.15) is 5.60 Å². The van der Waals surface area contributed by atoms with Crippen molar-refractivity contribution in [2.45, 2.75) is 51.7 Å². The fourth-order valence-electron chi connectivity index (χ4n) is 1.97. The standard InChI is InChI=1S/C11H20ClNO4S/c1-11(2,3)17-10(14)13-7-4-5-9(13)6-8-18(12,15)16/h9H,4-8H2,1-3H3. The average Bonchev–Trinajstić information content (AvgIpc) is 2.58. The molecule has 1 amide bonds. The van der Waals surface area contributed by atoms with Gasteiger partial charge in [-0.25, -0.2) is 13.2 Å². The van der Waals surface area contributed by atoms with Crippen LogP contribution in [0.4, 0.5) is 4.79 Å². The number of hydrogen-bond donors (Lipinski definition) is 0. The molecule has 1 atom stereocenters. The summed E-state index contributed by atoms with van der Waals surface area (Å²) in [5, 5.41) is 0. The minimum atomic E-state index is -3.50. The summed E-state index contributed by atoms with van der Waals surface area (Å²) in [6.07, 6.45) is 1.65. The molecular weight excluding hydrogens is 278 g/mol. The van der Waals surface area contributed by atoms with E-state index >= 15 is 0 Å². The second-order valence-electron chi connectivity index (χ2n) is 5.50. The summed E-state index contributed by atoms with van der Waals surface area (Å²) in [6.45, 7) is 6.03. The molecule has 0 aromatic heterocycles. The van der Waals surface area contributed by atoms with Crippen LogP contribution in [0.2, 0.25) is 0 Å². The van der Waals surface area contributed by atoms with E-state index < -0.39 is 14.7 Å². The number of carbonyl (C=O) groups is 1. The molecule has 0 aromatic rings. The molecule has 7 heteroatoms. The van der Waals surface area contributed by atoms with E-state index in [1.54, 1.807) is 25.7 Å². The molecule has 5 nitrogen and oxygen atoms in total. The number of carbonyl (C=O) groups excluding carboxylic acids is 1. The number of hydrogen-bond acceptors (Lipinski definition) is 4. The van der Waals surface area contributed by atoms with Gasteiger partial charge in [0.2, 0.25) is 9.05 Å². The third kappa shape index (κ3) is 5.44. The van der Waals surface area contributed by atoms with Gasteiger partial charge in [0.05, 0.1) is 5.75 Å². The van der Waals surface area contributed by atoms with Crippen LogP contribution in [0, 0.1) is 0 Å². The van der Waals surface area contributed by atoms with Crippen molar-refractivity contribution < 1.29 is 17.9 Å². The average molecular weight is 298 g/mol. The molecule has 106 valence electrons. The highest BCUT2D eigenvalue weighted by molar-refractivity contribution is 8.13. The summed E-state index contributed by atoms with van der Waals surface area (Å²) in [5.41, 5.74) is -0.539. The number of ether oxygens (including phenoxy) is 1. The Morgan fingerprint density at radius 3 is 2.56 bits per heavy atom. The number of likely N-dealkylation sites (tertiary alicyclic amines) is 1. The third-order valence-corrected chi connectivity index (χ3v) is 3.89. The van der Waals surface area contributed by atoms with E-state index in [2.05, 4.69) is 0 Å². The molecule has 1 aliphatic heterocycles. The molecule has 1 saturated heterocycles. The van der Waals surface area contributed by atoms with Gasteiger partial charge in [0, 0.05) is 23.3 Å². The lowest BCUT2D eigenvalue weighted by Gasteiger charge is -2.28. The molecule has 1 fully saturated rings. The first-order chi connectivity index (χ1) is 8.08. The SMILES string of the molecule is CC(C)(C)OC(=O)N1CCCC1CCS(=O)(=O)Cl. The molecule has 0 aliphatic carbocycles. The minimum Gasteiger partial charge on any atom is -0.444 e. The van der Waals surface area contributed by atoms with Gasteiger partial charge in [-0.2, -0.15) is 0 Å². The van der Waals surface area contributed by atoms with E-state index in [1.165, 1.54) is 0 Å². The topological polar surface area (TPSA) is 63.7 Å². The third-order valence-electron chi connectivity index (χ3n) is 2.70. The van der Waals surface area contributed by atoms with Crippen molar-refractivity contribution in [2.24, 2.45) is 0 Å². The predicted octanol–water partition coefficient (Wildman–Crippen LogP) is 2.34. The Labute approximate surface area is 113 Å². The second kappa shape index (κ2) is 5.65. The van der Waals surface area contributed by atoms with Gasteiger partial charge < -0.3 is 9.64 Å². The Hall–Kier alpha value is -0.490. The van der Waals surface area contributed by atoms with Crippen molar-refractivity contribution in [3.8, 4) is 0 Å². The van der Waals surface area contributed by atoms with E-state index in [1.807, 2.05) is 0 Å². The first-order valence-electron chi connectivity index (χ1n) is 6.00. The zero-order valence-electron chi connectivity index (χ0n) is 11.0. The maximum absolute atomic E-state index is 11.9. The Morgan fingerprint density at radius 1 is 1.44 bits per heavy atom. The molecule has 0 aromatic carbocycles. The number of halogens is 1. The van der Waals surface area contributed by atoms with E-state index in [0.717, 1.165) is 12.8 Å². The zero-order valence-corrected chi connectivity index (χ0v) is 12.6. The summed E-state index contributed by atoms with van der Waals surface area (Å²) < 4.78 is 27.1. The van der Waals surface area contributed by atoms with Crippen molar-refractivity contribution >= 4 is 25.8 Å². The minimum absolute atomic E-state index is 0.0895. The highest BCUT2D eigenvalue weighted by Gasteiger charge is 2.32. The summed E-state index contributed by atoms with van der Waals surface area (Å²) in [5.74, 6) is -0.113. The summed E-state index contributed by atoms with van der Waals surface area (Å²) in [4.78, 5) is 13.5. The number of nitrogens with zero attached hydrogens (tertiary/aromatic N) is 1. The van der Waals surface area contributed by atoms with Gasteiger partial charge in [-0.1, -0.05) is 0 Å². The van der Waals surface area contributed by atoms with Crippen molar-refractivity contribution in [1.29, 1.82) is 0 Å². The largest absolute Gasteiger partial charge is 0.444 e. The Morgan fingerprint density at radius 2 is 2.06 bits per heavy atom. The van der Waals surface area contributed by atoms with Crippen LogP contribution in [0.1, 0.15) is 40.0 Å². The van der Waals surface area contributed by atoms with Crippen LogP contribution >= 0.6 is 10.7 Å². The highest BCUT2D eigenvalue weighted by Crippen LogP contribution is 2.23. The van der Waals surface area contributed by atoms with Crippen molar-refractivity contribution in [3.05, 3.63) is 0 Å². The fraction of sp³-hybridized carbons (Fsp3) is 0.909. The van der Waals surface area contributed by atoms with Crippen LogP contribution in [-0.2, 0) is 13.8 Å². The molecule has 18 heavy (non-hydrogen) atoms. The van der Waals surface area contributed by atoms with Gasteiger partial charge in [-0.3, -0.25) is 0 Å². The maximum atomic E-state index is 11.9. The van der Waals surface area contributed by atoms with Gasteiger partial charge >= 0.3 is 6.09 Å². The van der Waals surface area contributed by atoms with Crippen LogP contribution in [0.5, 0.6) is 0 Å². The molecule has 0 bridgehead atoms. The smallest absolute Gasteiger partial charge is 0.410 e. The summed E-state index contributed by atoms with van der Waals surface area (Å²) in [7, 11) is 1.68. The summed E-state index contributed by atoms with van der Waals surface area (Å²) in [6, 6.07) is -0.0895. The lowest BCUT2D eigenvalue weighted by molar-refractivity contribution is 0.0224. The molecule has 1 aliphatic rings. The van der Waals surface area contributed by atoms with Crippen LogP contribution in [0.25, 0.3) is 0 Å². The highest BCUT2D eigenvalue weighted by atomic mass is 35.7. The molecule has 1 rings (SSSR count). The number of amides is 1. The molecule has 1 heterocycles. The van der Waals surface area contributed by atoms with E-state index in [-0.39, 0.29) is 17.9 Å². The molecule has 1 unspecified atom stereocenters. The van der Waals surface area contributed by atoms with E-state index in [9.17, 15) is 13.2 Å². The van der Waals surface area contributed by atoms with Crippen molar-refractivity contribution in [2.75, 3.05) is 12.3 Å². The van der Waals surface area contributed by atoms with Gasteiger partial charge in [-0.05, 0) is 40.0 Å². The van der Waals surface area contributed by atoms with Crippen LogP contribution < -0.4 is 0 Å². The first kappa shape index (κ1) is 15.6. The lowest BCUT2D eigenvalue weighted by atomic mass is 10.2. The van der Waals surface area contributed by atoms with Crippen LogP contribution in [-0.4, -0.2) is 43.4 Å². The molecule has 0 spiro atoms. The first-order valence-corrected chi connectivity index (χ1v) is 8.48. The number of rotatable bonds is 3. The zero-order chi connectivity index (χ0) is 14.0. The van der Waals surface area contributed by atoms with Crippen LogP contribution in [0.3, 0.4) is 0 Å². The van der Waals surface area contributed by atoms with Gasteiger partial charge in [0.15, 0.2) is 0 Å². The fourth-order valence-corrected chi connectivity index (χ4v) is 2.79. The van der Waals surface area contributed by atoms with Gasteiger partial charge in [0.25, 0.3) is 0 Å². The normalized spacial score (nSPS) is 21.1. The van der Waals surface area contributed by atoms with Crippen molar-refractivity contribution in [1.82, 2.24) is 4.90 Å². The van der Waals surface area contributed by atoms with Crippen molar-refractivity contribution in [3.63, 3.8) is 0 Å². The maximum Gasteiger partial charge on any atom is 0.410 e. The predicted molar refractivity (Wildman–Crippen MR) is 70.2 cm³/mol. The second-order valence-corrected chi connectivity index (χ2v) is 8.40. The summed E-state index contributed by atoms with van der Waals surface area (Å²) >= 11 is 0. The molecule has 0 N–H and O–H groups in total. The van der Waals surface area contributed by atoms with E-state index in [4.69, 9.17) is 15.4 Å². The lowest BCUT2D eigenvalue weighted by Crippen LogP contribution is -2.40. The van der Waals surface area contributed by atoms with Gasteiger partial charge in [-0.15, -0.1) is 0 Å². The van der Waals surface area contributed by atoms with Crippen LogP contribution in [0.15, 0.2) is 0 Å². The Kier molecular flexibility index (Phi) is 4.89. The molecule has 0 saturated carbocycles. The quantitative estimate of drug-likeness (QED) is 0.750. The molecular formula is C11H20ClNO4S. The Balaban J connectivity index is 2.57. The van der Waals surface area contributed by atoms with E-state index in [0.29, 0.717) is 13.0 Å². The Bertz CT molecular complexity index is 402.